The topological polar surface area (TPSA) is 20.3 Å². The van der Waals surface area contributed by atoms with Crippen molar-refractivity contribution >= 4 is 11.5 Å². The predicted octanol–water partition coefficient (Wildman–Crippen LogP) is 10.5. The number of anilines is 1. The number of aryl methyl sites for hydroxylation is 5. The van der Waals surface area contributed by atoms with Gasteiger partial charge < -0.3 is 4.90 Å². The Morgan fingerprint density at radius 3 is 1.15 bits per heavy atom. The van der Waals surface area contributed by atoms with E-state index in [9.17, 15) is 4.79 Å². The highest BCUT2D eigenvalue weighted by Gasteiger charge is 2.60. The van der Waals surface area contributed by atoms with Crippen LogP contribution in [0, 0.1) is 40.5 Å². The summed E-state index contributed by atoms with van der Waals surface area (Å²) in [5.41, 5.74) is 11.3. The molecule has 0 atom stereocenters. The molecule has 0 aliphatic carbocycles. The van der Waals surface area contributed by atoms with Crippen LogP contribution in [0.3, 0.4) is 0 Å². The first-order valence-electron chi connectivity index (χ1n) is 16.4. The minimum atomic E-state index is -0.707. The van der Waals surface area contributed by atoms with E-state index < -0.39 is 11.1 Å². The summed E-state index contributed by atoms with van der Waals surface area (Å²) in [7, 11) is 0. The zero-order valence-electron chi connectivity index (χ0n) is 28.1. The van der Waals surface area contributed by atoms with Crippen LogP contribution in [0.5, 0.6) is 0 Å². The Hall–Kier alpha value is -4.69. The number of carbonyl (C=O) groups is 1. The van der Waals surface area contributed by atoms with Gasteiger partial charge in [0.2, 0.25) is 0 Å². The first-order valence-corrected chi connectivity index (χ1v) is 16.4. The molecule has 2 heteroatoms. The molecule has 6 rings (SSSR count). The number of ketones is 1. The summed E-state index contributed by atoms with van der Waals surface area (Å²) in [6.45, 7) is 17.2. The van der Waals surface area contributed by atoms with Crippen molar-refractivity contribution in [2.24, 2.45) is 5.92 Å². The standard InChI is InChI=1S/C44H45NO/c1-30(2)42(46)36-28-43(37-23-13-8-18-31(37)3,38-24-14-9-19-32(38)4)45(41-27-17-12-22-35(41)7)44(29-36,39-25-15-10-20-33(39)5)40-26-16-11-21-34(40)6/h8-27,36H,1,28-29H2,2-7H3. The summed E-state index contributed by atoms with van der Waals surface area (Å²) in [5, 5.41) is 0. The molecule has 2 nitrogen and oxygen atoms in total. The van der Waals surface area contributed by atoms with E-state index in [-0.39, 0.29) is 11.7 Å². The van der Waals surface area contributed by atoms with Gasteiger partial charge in [0, 0.05) is 11.6 Å². The van der Waals surface area contributed by atoms with Gasteiger partial charge in [-0.05, 0) is 116 Å². The summed E-state index contributed by atoms with van der Waals surface area (Å²) in [4.78, 5) is 17.3. The number of hydrogen-bond acceptors (Lipinski definition) is 2. The van der Waals surface area contributed by atoms with Crippen LogP contribution >= 0.6 is 0 Å². The van der Waals surface area contributed by atoms with E-state index >= 15 is 0 Å². The number of piperidine rings is 1. The Morgan fingerprint density at radius 2 is 0.848 bits per heavy atom. The maximum atomic E-state index is 14.5. The van der Waals surface area contributed by atoms with Gasteiger partial charge in [0.05, 0.1) is 11.1 Å². The minimum absolute atomic E-state index is 0.141. The van der Waals surface area contributed by atoms with E-state index in [2.05, 4.69) is 167 Å². The Morgan fingerprint density at radius 1 is 0.543 bits per heavy atom. The largest absolute Gasteiger partial charge is 0.343 e. The maximum Gasteiger partial charge on any atom is 0.161 e. The van der Waals surface area contributed by atoms with Gasteiger partial charge in [0.25, 0.3) is 0 Å². The van der Waals surface area contributed by atoms with Crippen molar-refractivity contribution in [1.82, 2.24) is 0 Å². The van der Waals surface area contributed by atoms with Gasteiger partial charge in [-0.3, -0.25) is 4.79 Å². The highest BCUT2D eigenvalue weighted by molar-refractivity contribution is 5.97. The number of hydrogen-bond donors (Lipinski definition) is 0. The number of allylic oxidation sites excluding steroid dienone is 1. The average molecular weight is 604 g/mol. The molecule has 232 valence electrons. The molecule has 0 saturated carbocycles. The highest BCUT2D eigenvalue weighted by Crippen LogP contribution is 2.61. The Balaban J connectivity index is 1.92. The highest BCUT2D eigenvalue weighted by atomic mass is 16.1. The zero-order chi connectivity index (χ0) is 32.6. The van der Waals surface area contributed by atoms with Gasteiger partial charge in [-0.25, -0.2) is 0 Å². The number of para-hydroxylation sites is 1. The van der Waals surface area contributed by atoms with Gasteiger partial charge >= 0.3 is 0 Å². The van der Waals surface area contributed by atoms with Crippen molar-refractivity contribution in [1.29, 1.82) is 0 Å². The zero-order valence-corrected chi connectivity index (χ0v) is 28.1. The Kier molecular flexibility index (Phi) is 8.33. The number of rotatable bonds is 7. The molecule has 5 aromatic rings. The van der Waals surface area contributed by atoms with Crippen LogP contribution in [0.25, 0.3) is 0 Å². The van der Waals surface area contributed by atoms with Gasteiger partial charge in [0.1, 0.15) is 0 Å². The van der Waals surface area contributed by atoms with Gasteiger partial charge in [-0.2, -0.15) is 0 Å². The van der Waals surface area contributed by atoms with Crippen molar-refractivity contribution in [2.75, 3.05) is 4.90 Å². The summed E-state index contributed by atoms with van der Waals surface area (Å²) in [6, 6.07) is 44.0. The third-order valence-electron chi connectivity index (χ3n) is 10.4. The van der Waals surface area contributed by atoms with E-state index in [1.807, 2.05) is 6.92 Å². The van der Waals surface area contributed by atoms with Gasteiger partial charge in [-0.1, -0.05) is 122 Å². The van der Waals surface area contributed by atoms with Crippen LogP contribution in [-0.2, 0) is 15.9 Å². The maximum absolute atomic E-state index is 14.5. The predicted molar refractivity (Wildman–Crippen MR) is 192 cm³/mol. The molecule has 0 spiro atoms. The summed E-state index contributed by atoms with van der Waals surface area (Å²) in [5.74, 6) is -0.140. The Labute approximate surface area is 275 Å². The SMILES string of the molecule is C=C(C)C(=O)C1CC(c2ccccc2C)(c2ccccc2C)N(c2ccccc2C)C(c2ccccc2C)(c2ccccc2C)C1. The third-order valence-corrected chi connectivity index (χ3v) is 10.4. The normalized spacial score (nSPS) is 15.8. The van der Waals surface area contributed by atoms with Crippen molar-refractivity contribution in [3.8, 4) is 0 Å². The number of nitrogens with zero attached hydrogens (tertiary/aromatic N) is 1. The summed E-state index contributed by atoms with van der Waals surface area (Å²) in [6.07, 6.45) is 1.25. The fraction of sp³-hybridized carbons (Fsp3) is 0.250. The van der Waals surface area contributed by atoms with E-state index in [4.69, 9.17) is 0 Å². The quantitative estimate of drug-likeness (QED) is 0.173. The first kappa shape index (κ1) is 31.3. The van der Waals surface area contributed by atoms with E-state index in [0.29, 0.717) is 18.4 Å². The van der Waals surface area contributed by atoms with Crippen LogP contribution < -0.4 is 4.90 Å². The fourth-order valence-electron chi connectivity index (χ4n) is 8.41. The molecule has 0 N–H and O–H groups in total. The summed E-state index contributed by atoms with van der Waals surface area (Å²) >= 11 is 0. The molecule has 0 amide bonds. The molecular weight excluding hydrogens is 558 g/mol. The molecule has 1 heterocycles. The second-order valence-electron chi connectivity index (χ2n) is 13.4. The monoisotopic (exact) mass is 603 g/mol. The molecule has 0 unspecified atom stereocenters. The number of Topliss-reactive ketones (excluding diaryl/α,β-unsaturated/α-hetero) is 1. The molecule has 1 fully saturated rings. The number of carbonyl (C=O) groups excluding carboxylic acids is 1. The van der Waals surface area contributed by atoms with Crippen LogP contribution in [0.15, 0.2) is 133 Å². The minimum Gasteiger partial charge on any atom is -0.343 e. The molecular formula is C44H45NO. The lowest BCUT2D eigenvalue weighted by atomic mass is 9.58. The van der Waals surface area contributed by atoms with Crippen LogP contribution in [0.2, 0.25) is 0 Å². The fourth-order valence-corrected chi connectivity index (χ4v) is 8.41. The van der Waals surface area contributed by atoms with Crippen LogP contribution in [-0.4, -0.2) is 5.78 Å². The van der Waals surface area contributed by atoms with Crippen molar-refractivity contribution in [2.45, 2.75) is 65.5 Å². The second-order valence-corrected chi connectivity index (χ2v) is 13.4. The molecule has 0 aromatic heterocycles. The van der Waals surface area contributed by atoms with Crippen molar-refractivity contribution in [3.63, 3.8) is 0 Å². The molecule has 1 aliphatic rings. The lowest BCUT2D eigenvalue weighted by molar-refractivity contribution is -0.121. The van der Waals surface area contributed by atoms with Crippen LogP contribution in [0.4, 0.5) is 5.69 Å². The van der Waals surface area contributed by atoms with Gasteiger partial charge in [0.15, 0.2) is 5.78 Å². The number of benzene rings is 5. The van der Waals surface area contributed by atoms with Crippen LogP contribution in [0.1, 0.15) is 69.8 Å². The van der Waals surface area contributed by atoms with E-state index in [1.165, 1.54) is 55.8 Å². The lowest BCUT2D eigenvalue weighted by Crippen LogP contribution is -2.65. The molecule has 46 heavy (non-hydrogen) atoms. The molecule has 0 bridgehead atoms. The third kappa shape index (κ3) is 4.92. The van der Waals surface area contributed by atoms with E-state index in [1.54, 1.807) is 0 Å². The first-order chi connectivity index (χ1) is 22.1. The molecule has 1 saturated heterocycles. The second kappa shape index (κ2) is 12.2. The van der Waals surface area contributed by atoms with Gasteiger partial charge in [-0.15, -0.1) is 0 Å². The molecule has 0 radical (unpaired) electrons. The van der Waals surface area contributed by atoms with Crippen molar-refractivity contribution < 1.29 is 4.79 Å². The molecule has 1 aliphatic heterocycles. The Bertz CT molecular complexity index is 1730. The summed E-state index contributed by atoms with van der Waals surface area (Å²) < 4.78 is 0. The van der Waals surface area contributed by atoms with Crippen molar-refractivity contribution in [3.05, 3.63) is 184 Å². The van der Waals surface area contributed by atoms with E-state index in [0.717, 1.165) is 0 Å². The lowest BCUT2D eigenvalue weighted by Gasteiger charge is -2.63. The average Bonchev–Trinajstić information content (AvgIpc) is 3.05. The molecule has 5 aromatic carbocycles. The smallest absolute Gasteiger partial charge is 0.161 e.